The zero-order chi connectivity index (χ0) is 87.7. The van der Waals surface area contributed by atoms with Crippen molar-refractivity contribution in [2.24, 2.45) is 34.6 Å². The van der Waals surface area contributed by atoms with Crippen LogP contribution in [0.3, 0.4) is 0 Å². The molecule has 0 aromatic heterocycles. The predicted octanol–water partition coefficient (Wildman–Crippen LogP) is 2.81. The summed E-state index contributed by atoms with van der Waals surface area (Å²) in [5.41, 5.74) is 29.7. The Bertz CT molecular complexity index is 2100. The third kappa shape index (κ3) is 67.1. The molecule has 0 spiro atoms. The van der Waals surface area contributed by atoms with E-state index in [-0.39, 0.29) is 0 Å². The van der Waals surface area contributed by atoms with Crippen molar-refractivity contribution in [2.75, 3.05) is 381 Å². The average Bonchev–Trinajstić information content (AvgIpc) is 1.33. The van der Waals surface area contributed by atoms with Gasteiger partial charge < -0.3 is 132 Å². The van der Waals surface area contributed by atoms with Crippen LogP contribution in [0.4, 0.5) is 0 Å². The lowest BCUT2D eigenvalue weighted by Crippen LogP contribution is -2.46. The van der Waals surface area contributed by atoms with E-state index >= 15 is 0 Å². The van der Waals surface area contributed by atoms with Gasteiger partial charge in [0, 0.05) is 338 Å². The number of nitrogens with zero attached hydrogens (tertiary/aromatic N) is 11. The third-order valence-electron chi connectivity index (χ3n) is 26.3. The molecule has 0 aromatic rings. The van der Waals surface area contributed by atoms with Crippen LogP contribution in [0.15, 0.2) is 0 Å². The summed E-state index contributed by atoms with van der Waals surface area (Å²) >= 11 is 0. The Balaban J connectivity index is 0.000000619. The minimum Gasteiger partial charge on any atom is -0.329 e. The second-order valence-electron chi connectivity index (χ2n) is 36.8. The molecule has 5 aliphatic carbocycles. The number of nitrogens with two attached hydrogens (primary N) is 5. The zero-order valence-corrected chi connectivity index (χ0v) is 81.7. The second-order valence-corrected chi connectivity index (χ2v) is 36.8. The number of nitrogens with one attached hydrogen (secondary N) is 12. The second kappa shape index (κ2) is 85.4. The predicted molar refractivity (Wildman–Crippen MR) is 530 cm³/mol. The molecule has 0 amide bonds. The van der Waals surface area contributed by atoms with Gasteiger partial charge in [0.15, 0.2) is 0 Å². The van der Waals surface area contributed by atoms with Crippen molar-refractivity contribution in [1.82, 2.24) is 118 Å². The van der Waals surface area contributed by atoms with Crippen LogP contribution < -0.4 is 92.5 Å². The quantitative estimate of drug-likeness (QED) is 0.0390. The minimum atomic E-state index is 0.693. The fourth-order valence-corrected chi connectivity index (χ4v) is 16.8. The highest BCUT2D eigenvalue weighted by molar-refractivity contribution is 4.83. The van der Waals surface area contributed by atoms with Crippen molar-refractivity contribution >= 4 is 0 Å². The Labute approximate surface area is 754 Å². The van der Waals surface area contributed by atoms with Gasteiger partial charge in [-0.3, -0.25) is 14.7 Å². The SMILES string of the molecule is CC1CCC1.CCCCN(CCN)CCN(CCN)CCN(CCN)CCCCCN(CCNCCNCCNCC)CCN(C)CCNCCNCCN.CCCCN(CCNC1CCC1)CCN(CCNC1CCC1)CCN(CCN)CCCCCN(CCNCCN(CCNCC)C1CCCC1)CCN(C)CCNCCNCCNC1CCC1. The molecule has 728 valence electrons. The monoisotopic (exact) mass is 1730 g/mol. The maximum absolute atomic E-state index is 6.24. The Kier molecular flexibility index (Phi) is 80.5. The van der Waals surface area contributed by atoms with E-state index in [4.69, 9.17) is 28.7 Å². The lowest BCUT2D eigenvalue weighted by Gasteiger charge is -2.32. The number of likely N-dealkylation sites (N-methyl/N-ethyl adjacent to an activating group) is 4. The molecule has 122 heavy (non-hydrogen) atoms. The van der Waals surface area contributed by atoms with E-state index in [2.05, 4.69) is 166 Å². The summed E-state index contributed by atoms with van der Waals surface area (Å²) in [5.74, 6) is 1.06. The number of rotatable bonds is 91. The Morgan fingerprint density at radius 2 is 0.484 bits per heavy atom. The number of unbranched alkanes of at least 4 members (excludes halogenated alkanes) is 6. The summed E-state index contributed by atoms with van der Waals surface area (Å²) in [6.07, 6.45) is 35.0. The van der Waals surface area contributed by atoms with Gasteiger partial charge in [-0.1, -0.05) is 112 Å². The van der Waals surface area contributed by atoms with E-state index in [1.165, 1.54) is 206 Å². The van der Waals surface area contributed by atoms with Crippen LogP contribution in [0.1, 0.15) is 202 Å². The molecular weight excluding hydrogens is 1520 g/mol. The van der Waals surface area contributed by atoms with Gasteiger partial charge in [-0.2, -0.15) is 0 Å². The first kappa shape index (κ1) is 115. The van der Waals surface area contributed by atoms with Crippen LogP contribution in [0, 0.1) is 5.92 Å². The molecule has 0 atom stereocenters. The average molecular weight is 1730 g/mol. The van der Waals surface area contributed by atoms with E-state index in [1.807, 2.05) is 0 Å². The molecule has 28 heteroatoms. The standard InChI is InChI=1S/C53H114N14.C36H88N14.C5H10/c1-4-6-34-64(40-32-60-51-17-13-18-51)47-49-66(41-33-61-52-19-14-20-52)48-46-63(37-23-54)35-10-7-11-36-65(39-29-58-31-43-67(42-30-55-5-2)53-21-8-9-22-53)45-44-62(3)38-28-57-25-24-56-26-27-59-50-15-12-16-50;1-4-6-23-47(26-11-38)33-35-50(28-13-40)36-34-48(27-12-39)24-8-7-9-25-49(30-22-45-20-18-43-16-15-41-5-2)32-31-46(3)29-21-44-19-17-42-14-10-37;1-5-3-2-4-5/h50-53,55-61H,4-49,54H2,1-3H3;41-45H,4-40H2,1-3H3;5H,2-4H2,1H3. The van der Waals surface area contributed by atoms with Crippen LogP contribution in [-0.2, 0) is 0 Å². The van der Waals surface area contributed by atoms with Crippen LogP contribution in [0.25, 0.3) is 0 Å². The van der Waals surface area contributed by atoms with Crippen LogP contribution in [-0.4, -0.2) is 459 Å². The van der Waals surface area contributed by atoms with Crippen molar-refractivity contribution < 1.29 is 0 Å². The van der Waals surface area contributed by atoms with E-state index in [0.717, 1.165) is 338 Å². The third-order valence-corrected chi connectivity index (χ3v) is 26.3. The molecule has 5 fully saturated rings. The van der Waals surface area contributed by atoms with Crippen molar-refractivity contribution in [3.05, 3.63) is 0 Å². The summed E-state index contributed by atoms with van der Waals surface area (Å²) in [5, 5.41) is 43.4. The molecule has 0 aromatic carbocycles. The summed E-state index contributed by atoms with van der Waals surface area (Å²) in [6.45, 7) is 69.9. The van der Waals surface area contributed by atoms with E-state index in [0.29, 0.717) is 19.6 Å². The molecule has 0 saturated heterocycles. The van der Waals surface area contributed by atoms with Gasteiger partial charge in [-0.15, -0.1) is 0 Å². The van der Waals surface area contributed by atoms with Gasteiger partial charge in [0.1, 0.15) is 0 Å². The van der Waals surface area contributed by atoms with Gasteiger partial charge in [0.2, 0.25) is 0 Å². The van der Waals surface area contributed by atoms with E-state index in [9.17, 15) is 0 Å². The molecule has 5 aliphatic rings. The number of hydrogen-bond donors (Lipinski definition) is 17. The first-order valence-corrected chi connectivity index (χ1v) is 52.0. The maximum atomic E-state index is 6.24. The van der Waals surface area contributed by atoms with Crippen molar-refractivity contribution in [2.45, 2.75) is 226 Å². The molecule has 0 aliphatic heterocycles. The topological polar surface area (TPSA) is 310 Å². The maximum Gasteiger partial charge on any atom is 0.0110 e. The summed E-state index contributed by atoms with van der Waals surface area (Å²) in [7, 11) is 4.55. The zero-order valence-electron chi connectivity index (χ0n) is 81.7. The summed E-state index contributed by atoms with van der Waals surface area (Å²) in [4.78, 5) is 28.9. The highest BCUT2D eigenvalue weighted by Crippen LogP contribution is 2.25. The number of hydrogen-bond acceptors (Lipinski definition) is 28. The van der Waals surface area contributed by atoms with E-state index in [1.54, 1.807) is 0 Å². The van der Waals surface area contributed by atoms with E-state index < -0.39 is 0 Å². The summed E-state index contributed by atoms with van der Waals surface area (Å²) in [6, 6.07) is 3.10. The van der Waals surface area contributed by atoms with Crippen LogP contribution >= 0.6 is 0 Å². The first-order chi connectivity index (χ1) is 60.0. The van der Waals surface area contributed by atoms with Gasteiger partial charge in [-0.25, -0.2) is 0 Å². The van der Waals surface area contributed by atoms with Gasteiger partial charge >= 0.3 is 0 Å². The van der Waals surface area contributed by atoms with Crippen LogP contribution in [0.5, 0.6) is 0 Å². The fraction of sp³-hybridized carbons (Fsp3) is 1.00. The normalized spacial score (nSPS) is 15.8. The first-order valence-electron chi connectivity index (χ1n) is 52.0. The molecule has 0 unspecified atom stereocenters. The summed E-state index contributed by atoms with van der Waals surface area (Å²) < 4.78 is 0. The van der Waals surface area contributed by atoms with Crippen molar-refractivity contribution in [3.63, 3.8) is 0 Å². The molecule has 22 N–H and O–H groups in total. The highest BCUT2D eigenvalue weighted by Gasteiger charge is 2.24. The van der Waals surface area contributed by atoms with Gasteiger partial charge in [0.25, 0.3) is 0 Å². The van der Waals surface area contributed by atoms with Gasteiger partial charge in [-0.05, 0) is 162 Å². The highest BCUT2D eigenvalue weighted by atomic mass is 15.3. The Hall–Kier alpha value is -1.12. The lowest BCUT2D eigenvalue weighted by molar-refractivity contribution is 0.169. The minimum absolute atomic E-state index is 0.693. The van der Waals surface area contributed by atoms with Crippen molar-refractivity contribution in [3.8, 4) is 0 Å². The smallest absolute Gasteiger partial charge is 0.0110 e. The Morgan fingerprint density at radius 1 is 0.221 bits per heavy atom. The van der Waals surface area contributed by atoms with Gasteiger partial charge in [0.05, 0.1) is 0 Å². The molecular formula is C94H212N28. The lowest BCUT2D eigenvalue weighted by atomic mass is 9.88. The van der Waals surface area contributed by atoms with Crippen LogP contribution in [0.2, 0.25) is 0 Å². The molecule has 5 saturated carbocycles. The molecule has 5 rings (SSSR count). The molecule has 0 bridgehead atoms. The Morgan fingerprint density at radius 3 is 0.820 bits per heavy atom. The molecule has 28 nitrogen and oxygen atoms in total. The fourth-order valence-electron chi connectivity index (χ4n) is 16.8. The van der Waals surface area contributed by atoms with Crippen molar-refractivity contribution in [1.29, 1.82) is 0 Å². The molecule has 0 radical (unpaired) electrons. The largest absolute Gasteiger partial charge is 0.329 e. The molecule has 0 heterocycles.